The number of nitrogens with one attached hydrogen (secondary N) is 1. The van der Waals surface area contributed by atoms with Crippen molar-refractivity contribution in [1.82, 2.24) is 5.32 Å². The van der Waals surface area contributed by atoms with Crippen LogP contribution >= 0.6 is 0 Å². The number of aliphatic hydroxyl groups excluding tert-OH is 1. The summed E-state index contributed by atoms with van der Waals surface area (Å²) in [6, 6.07) is 3.58. The Morgan fingerprint density at radius 2 is 2.30 bits per heavy atom. The van der Waals surface area contributed by atoms with E-state index in [1.807, 2.05) is 6.92 Å². The van der Waals surface area contributed by atoms with E-state index in [2.05, 4.69) is 17.2 Å². The predicted molar refractivity (Wildman–Crippen MR) is 73.8 cm³/mol. The van der Waals surface area contributed by atoms with Gasteiger partial charge in [0.1, 0.15) is 12.4 Å². The summed E-state index contributed by atoms with van der Waals surface area (Å²) in [5, 5.41) is 11.4. The van der Waals surface area contributed by atoms with Gasteiger partial charge in [-0.05, 0) is 32.0 Å². The van der Waals surface area contributed by atoms with Crippen LogP contribution in [-0.4, -0.2) is 36.9 Å². The molecule has 0 fully saturated rings. The lowest BCUT2D eigenvalue weighted by Crippen LogP contribution is -2.36. The number of carbonyl (C=O) groups is 1. The summed E-state index contributed by atoms with van der Waals surface area (Å²) in [5.74, 6) is 4.14. The second kappa shape index (κ2) is 8.31. The zero-order valence-corrected chi connectivity index (χ0v) is 11.6. The molecule has 20 heavy (non-hydrogen) atoms. The van der Waals surface area contributed by atoms with Crippen LogP contribution < -0.4 is 5.32 Å². The lowest BCUT2D eigenvalue weighted by atomic mass is 10.1. The SMILES string of the molecule is CCOCC(C)NC(=O)c1cc(F)ccc1C#CCO. The molecule has 1 rings (SSSR count). The normalized spacial score (nSPS) is 11.4. The molecule has 0 heterocycles. The van der Waals surface area contributed by atoms with Crippen LogP contribution in [0.4, 0.5) is 4.39 Å². The molecule has 0 spiro atoms. The fourth-order valence-electron chi connectivity index (χ4n) is 1.59. The Kier molecular flexibility index (Phi) is 6.71. The number of ether oxygens (including phenoxy) is 1. The molecule has 1 atom stereocenters. The first-order chi connectivity index (χ1) is 9.58. The Morgan fingerprint density at radius 1 is 1.55 bits per heavy atom. The molecule has 0 bridgehead atoms. The molecule has 4 nitrogen and oxygen atoms in total. The number of hydrogen-bond donors (Lipinski definition) is 2. The van der Waals surface area contributed by atoms with Gasteiger partial charge in [-0.1, -0.05) is 11.8 Å². The molecule has 0 saturated carbocycles. The first-order valence-electron chi connectivity index (χ1n) is 6.36. The summed E-state index contributed by atoms with van der Waals surface area (Å²) in [7, 11) is 0. The number of carbonyl (C=O) groups excluding carboxylic acids is 1. The summed E-state index contributed by atoms with van der Waals surface area (Å²) in [6.45, 7) is 4.29. The van der Waals surface area contributed by atoms with Crippen molar-refractivity contribution in [3.63, 3.8) is 0 Å². The van der Waals surface area contributed by atoms with E-state index in [0.717, 1.165) is 6.07 Å². The van der Waals surface area contributed by atoms with Gasteiger partial charge in [0, 0.05) is 18.2 Å². The number of amides is 1. The molecule has 0 aliphatic heterocycles. The molecule has 0 aliphatic rings. The standard InChI is InChI=1S/C15H18FNO3/c1-3-20-10-11(2)17-15(19)14-9-13(16)7-6-12(14)5-4-8-18/h6-7,9,11,18H,3,8,10H2,1-2H3,(H,17,19). The molecule has 5 heteroatoms. The summed E-state index contributed by atoms with van der Waals surface area (Å²) in [5.41, 5.74) is 0.524. The Hall–Kier alpha value is -1.90. The minimum atomic E-state index is -0.512. The molecule has 1 unspecified atom stereocenters. The third-order valence-electron chi connectivity index (χ3n) is 2.48. The molecule has 2 N–H and O–H groups in total. The van der Waals surface area contributed by atoms with Gasteiger partial charge in [0.2, 0.25) is 0 Å². The van der Waals surface area contributed by atoms with E-state index in [1.54, 1.807) is 6.92 Å². The van der Waals surface area contributed by atoms with Gasteiger partial charge in [-0.15, -0.1) is 0 Å². The fourth-order valence-corrected chi connectivity index (χ4v) is 1.59. The maximum atomic E-state index is 13.3. The van der Waals surface area contributed by atoms with Gasteiger partial charge >= 0.3 is 0 Å². The summed E-state index contributed by atoms with van der Waals surface area (Å²) >= 11 is 0. The Balaban J connectivity index is 2.88. The average molecular weight is 279 g/mol. The largest absolute Gasteiger partial charge is 0.384 e. The quantitative estimate of drug-likeness (QED) is 0.799. The highest BCUT2D eigenvalue weighted by atomic mass is 19.1. The van der Waals surface area contributed by atoms with Gasteiger partial charge in [0.05, 0.1) is 12.2 Å². The van der Waals surface area contributed by atoms with E-state index >= 15 is 0 Å². The number of rotatable bonds is 5. The third-order valence-corrected chi connectivity index (χ3v) is 2.48. The minimum Gasteiger partial charge on any atom is -0.384 e. The lowest BCUT2D eigenvalue weighted by molar-refractivity contribution is 0.0871. The van der Waals surface area contributed by atoms with Crippen molar-refractivity contribution in [2.45, 2.75) is 19.9 Å². The summed E-state index contributed by atoms with van der Waals surface area (Å²) < 4.78 is 18.5. The smallest absolute Gasteiger partial charge is 0.252 e. The van der Waals surface area contributed by atoms with Gasteiger partial charge in [-0.3, -0.25) is 4.79 Å². The molecule has 0 aromatic heterocycles. The first-order valence-corrected chi connectivity index (χ1v) is 6.36. The van der Waals surface area contributed by atoms with E-state index in [1.165, 1.54) is 12.1 Å². The summed E-state index contributed by atoms with van der Waals surface area (Å²) in [4.78, 5) is 12.1. The number of aliphatic hydroxyl groups is 1. The van der Waals surface area contributed by atoms with E-state index in [-0.39, 0.29) is 18.2 Å². The number of hydrogen-bond acceptors (Lipinski definition) is 3. The van der Waals surface area contributed by atoms with Crippen LogP contribution in [0.3, 0.4) is 0 Å². The van der Waals surface area contributed by atoms with Crippen molar-refractivity contribution in [3.05, 3.63) is 35.1 Å². The zero-order chi connectivity index (χ0) is 15.0. The predicted octanol–water partition coefficient (Wildman–Crippen LogP) is 1.32. The van der Waals surface area contributed by atoms with Crippen LogP contribution in [-0.2, 0) is 4.74 Å². The topological polar surface area (TPSA) is 58.6 Å². The maximum Gasteiger partial charge on any atom is 0.252 e. The monoisotopic (exact) mass is 279 g/mol. The molecule has 1 amide bonds. The number of benzene rings is 1. The molecular weight excluding hydrogens is 261 g/mol. The van der Waals surface area contributed by atoms with E-state index in [9.17, 15) is 9.18 Å². The van der Waals surface area contributed by atoms with Gasteiger partial charge in [0.25, 0.3) is 5.91 Å². The maximum absolute atomic E-state index is 13.3. The molecule has 1 aromatic carbocycles. The van der Waals surface area contributed by atoms with Gasteiger partial charge in [-0.2, -0.15) is 0 Å². The van der Waals surface area contributed by atoms with Crippen molar-refractivity contribution >= 4 is 5.91 Å². The number of halogens is 1. The van der Waals surface area contributed by atoms with E-state index in [4.69, 9.17) is 9.84 Å². The van der Waals surface area contributed by atoms with E-state index in [0.29, 0.717) is 18.8 Å². The van der Waals surface area contributed by atoms with Crippen molar-refractivity contribution in [2.75, 3.05) is 19.8 Å². The van der Waals surface area contributed by atoms with E-state index < -0.39 is 11.7 Å². The van der Waals surface area contributed by atoms with Crippen molar-refractivity contribution < 1.29 is 19.0 Å². The molecule has 108 valence electrons. The molecule has 1 aromatic rings. The third kappa shape index (κ3) is 5.00. The second-order valence-corrected chi connectivity index (χ2v) is 4.18. The Bertz CT molecular complexity index is 520. The highest BCUT2D eigenvalue weighted by Crippen LogP contribution is 2.11. The highest BCUT2D eigenvalue weighted by molar-refractivity contribution is 5.96. The fraction of sp³-hybridized carbons (Fsp3) is 0.400. The highest BCUT2D eigenvalue weighted by Gasteiger charge is 2.14. The molecule has 0 radical (unpaired) electrons. The molecule has 0 saturated heterocycles. The van der Waals surface area contributed by atoms with Crippen molar-refractivity contribution in [2.24, 2.45) is 0 Å². The van der Waals surface area contributed by atoms with Crippen LogP contribution in [0, 0.1) is 17.7 Å². The Morgan fingerprint density at radius 3 is 2.95 bits per heavy atom. The van der Waals surface area contributed by atoms with Gasteiger partial charge in [-0.25, -0.2) is 4.39 Å². The first kappa shape index (κ1) is 16.2. The van der Waals surface area contributed by atoms with Crippen molar-refractivity contribution in [3.8, 4) is 11.8 Å². The van der Waals surface area contributed by atoms with Gasteiger partial charge < -0.3 is 15.2 Å². The molecular formula is C15H18FNO3. The Labute approximate surface area is 117 Å². The zero-order valence-electron chi connectivity index (χ0n) is 11.6. The van der Waals surface area contributed by atoms with Crippen LogP contribution in [0.1, 0.15) is 29.8 Å². The average Bonchev–Trinajstić information content (AvgIpc) is 2.43. The van der Waals surface area contributed by atoms with Crippen molar-refractivity contribution in [1.29, 1.82) is 0 Å². The van der Waals surface area contributed by atoms with Crippen LogP contribution in [0.25, 0.3) is 0 Å². The lowest BCUT2D eigenvalue weighted by Gasteiger charge is -2.14. The summed E-state index contributed by atoms with van der Waals surface area (Å²) in [6.07, 6.45) is 0. The van der Waals surface area contributed by atoms with Crippen LogP contribution in [0.5, 0.6) is 0 Å². The van der Waals surface area contributed by atoms with Crippen LogP contribution in [0.2, 0.25) is 0 Å². The van der Waals surface area contributed by atoms with Crippen LogP contribution in [0.15, 0.2) is 18.2 Å². The molecule has 0 aliphatic carbocycles. The second-order valence-electron chi connectivity index (χ2n) is 4.18. The van der Waals surface area contributed by atoms with Gasteiger partial charge in [0.15, 0.2) is 0 Å². The minimum absolute atomic E-state index is 0.147.